The van der Waals surface area contributed by atoms with Gasteiger partial charge in [0.25, 0.3) is 0 Å². The number of benzene rings is 2. The minimum Gasteiger partial charge on any atom is -0.388 e. The Morgan fingerprint density at radius 2 is 1.73 bits per heavy atom. The third-order valence-corrected chi connectivity index (χ3v) is 7.72. The van der Waals surface area contributed by atoms with E-state index in [4.69, 9.17) is 11.6 Å². The first kappa shape index (κ1) is 19.8. The quantitative estimate of drug-likeness (QED) is 0.358. The lowest BCUT2D eigenvalue weighted by Gasteiger charge is -2.29. The van der Waals surface area contributed by atoms with Crippen LogP contribution in [0.3, 0.4) is 0 Å². The molecule has 0 saturated carbocycles. The van der Waals surface area contributed by atoms with E-state index in [2.05, 4.69) is 53.3 Å². The van der Waals surface area contributed by atoms with Crippen molar-refractivity contribution in [3.8, 4) is 10.4 Å². The fourth-order valence-electron chi connectivity index (χ4n) is 3.65. The standard InChI is InChI=1S/C24H21ClN2OS2/c1-24(2,28)23-13-19(27(26-23)18-9-5-4-8-17(18)25)22-12-11-21(30-22)16-14-29-20-10-6-3-7-15(16)20/h3-14,23,26,28H,1-2H3. The summed E-state index contributed by atoms with van der Waals surface area (Å²) in [6.07, 6.45) is 2.09. The SMILES string of the molecule is CC(C)(O)C1C=C(c2ccc(-c3csc4ccccc34)s2)N(c2ccccc2Cl)N1. The van der Waals surface area contributed by atoms with Gasteiger partial charge in [0.1, 0.15) is 0 Å². The smallest absolute Gasteiger partial charge is 0.0798 e. The molecule has 0 spiro atoms. The van der Waals surface area contributed by atoms with E-state index >= 15 is 0 Å². The molecule has 0 fully saturated rings. The van der Waals surface area contributed by atoms with Crippen molar-refractivity contribution in [3.63, 3.8) is 0 Å². The van der Waals surface area contributed by atoms with Gasteiger partial charge in [-0.15, -0.1) is 22.7 Å². The summed E-state index contributed by atoms with van der Waals surface area (Å²) in [4.78, 5) is 2.36. The number of anilines is 1. The summed E-state index contributed by atoms with van der Waals surface area (Å²) in [6, 6.07) is 20.4. The molecule has 0 aliphatic carbocycles. The van der Waals surface area contributed by atoms with Crippen molar-refractivity contribution in [2.45, 2.75) is 25.5 Å². The summed E-state index contributed by atoms with van der Waals surface area (Å²) in [5.74, 6) is 0. The van der Waals surface area contributed by atoms with E-state index in [0.717, 1.165) is 16.3 Å². The van der Waals surface area contributed by atoms with Crippen molar-refractivity contribution in [2.75, 3.05) is 5.01 Å². The molecule has 0 saturated heterocycles. The molecule has 5 rings (SSSR count). The summed E-state index contributed by atoms with van der Waals surface area (Å²) >= 11 is 10.0. The molecule has 1 aliphatic rings. The predicted molar refractivity (Wildman–Crippen MR) is 130 cm³/mol. The predicted octanol–water partition coefficient (Wildman–Crippen LogP) is 6.79. The Labute approximate surface area is 188 Å². The van der Waals surface area contributed by atoms with Crippen LogP contribution in [0.1, 0.15) is 18.7 Å². The van der Waals surface area contributed by atoms with Crippen LogP contribution in [0.4, 0.5) is 5.69 Å². The Kier molecular flexibility index (Phi) is 4.96. The maximum atomic E-state index is 10.6. The van der Waals surface area contributed by atoms with Gasteiger partial charge in [0.05, 0.1) is 32.9 Å². The summed E-state index contributed by atoms with van der Waals surface area (Å²) in [7, 11) is 0. The molecule has 1 aliphatic heterocycles. The highest BCUT2D eigenvalue weighted by molar-refractivity contribution is 7.19. The summed E-state index contributed by atoms with van der Waals surface area (Å²) in [5.41, 5.74) is 5.65. The molecule has 1 unspecified atom stereocenters. The Bertz CT molecular complexity index is 1250. The fraction of sp³-hybridized carbons (Fsp3) is 0.167. The highest BCUT2D eigenvalue weighted by Gasteiger charge is 2.35. The van der Waals surface area contributed by atoms with Gasteiger partial charge in [-0.25, -0.2) is 5.43 Å². The lowest BCUT2D eigenvalue weighted by atomic mass is 9.99. The zero-order valence-electron chi connectivity index (χ0n) is 16.6. The first-order valence-electron chi connectivity index (χ1n) is 9.73. The van der Waals surface area contributed by atoms with Crippen LogP contribution in [0.5, 0.6) is 0 Å². The van der Waals surface area contributed by atoms with Crippen molar-refractivity contribution in [1.29, 1.82) is 0 Å². The highest BCUT2D eigenvalue weighted by atomic mass is 35.5. The van der Waals surface area contributed by atoms with E-state index in [0.29, 0.717) is 5.02 Å². The number of rotatable bonds is 4. The number of thiophene rings is 2. The molecular formula is C24H21ClN2OS2. The number of hydrazine groups is 1. The molecular weight excluding hydrogens is 432 g/mol. The van der Waals surface area contributed by atoms with Crippen molar-refractivity contribution in [3.05, 3.63) is 82.0 Å². The largest absolute Gasteiger partial charge is 0.388 e. The topological polar surface area (TPSA) is 35.5 Å². The average molecular weight is 453 g/mol. The fourth-order valence-corrected chi connectivity index (χ4v) is 5.96. The molecule has 1 atom stereocenters. The van der Waals surface area contributed by atoms with Crippen molar-refractivity contribution in [2.24, 2.45) is 0 Å². The van der Waals surface area contributed by atoms with Gasteiger partial charge < -0.3 is 5.11 Å². The van der Waals surface area contributed by atoms with Crippen LogP contribution in [0.25, 0.3) is 26.2 Å². The molecule has 4 aromatic rings. The van der Waals surface area contributed by atoms with E-state index in [-0.39, 0.29) is 6.04 Å². The molecule has 6 heteroatoms. The number of nitrogens with zero attached hydrogens (tertiary/aromatic N) is 1. The van der Waals surface area contributed by atoms with Crippen LogP contribution in [0.2, 0.25) is 5.02 Å². The molecule has 2 aromatic carbocycles. The Balaban J connectivity index is 1.58. The summed E-state index contributed by atoms with van der Waals surface area (Å²) in [5, 5.41) is 16.8. The maximum absolute atomic E-state index is 10.6. The molecule has 0 bridgehead atoms. The lowest BCUT2D eigenvalue weighted by Crippen LogP contribution is -2.48. The number of nitrogens with one attached hydrogen (secondary N) is 1. The van der Waals surface area contributed by atoms with Gasteiger partial charge in [-0.05, 0) is 50.3 Å². The third kappa shape index (κ3) is 3.47. The summed E-state index contributed by atoms with van der Waals surface area (Å²) < 4.78 is 1.30. The third-order valence-electron chi connectivity index (χ3n) is 5.29. The second kappa shape index (κ2) is 7.52. The van der Waals surface area contributed by atoms with Gasteiger partial charge in [0, 0.05) is 25.9 Å². The van der Waals surface area contributed by atoms with E-state index < -0.39 is 5.60 Å². The van der Waals surface area contributed by atoms with E-state index in [9.17, 15) is 5.11 Å². The van der Waals surface area contributed by atoms with Crippen LogP contribution in [0, 0.1) is 0 Å². The van der Waals surface area contributed by atoms with Crippen LogP contribution in [-0.2, 0) is 0 Å². The number of hydrogen-bond acceptors (Lipinski definition) is 5. The zero-order valence-corrected chi connectivity index (χ0v) is 19.0. The van der Waals surface area contributed by atoms with Gasteiger partial charge in [0.2, 0.25) is 0 Å². The molecule has 3 heterocycles. The van der Waals surface area contributed by atoms with Crippen molar-refractivity contribution < 1.29 is 5.11 Å². The van der Waals surface area contributed by atoms with Gasteiger partial charge in [-0.2, -0.15) is 0 Å². The molecule has 152 valence electrons. The second-order valence-electron chi connectivity index (χ2n) is 7.91. The molecule has 0 radical (unpaired) electrons. The van der Waals surface area contributed by atoms with Crippen LogP contribution in [-0.4, -0.2) is 16.7 Å². The van der Waals surface area contributed by atoms with Crippen molar-refractivity contribution in [1.82, 2.24) is 5.43 Å². The van der Waals surface area contributed by atoms with Crippen LogP contribution in [0.15, 0.2) is 72.1 Å². The molecule has 30 heavy (non-hydrogen) atoms. The Hall–Kier alpha value is -2.15. The highest BCUT2D eigenvalue weighted by Crippen LogP contribution is 2.42. The molecule has 2 aromatic heterocycles. The molecule has 0 amide bonds. The molecule has 3 nitrogen and oxygen atoms in total. The molecule has 2 N–H and O–H groups in total. The van der Waals surface area contributed by atoms with E-state index in [1.807, 2.05) is 43.1 Å². The van der Waals surface area contributed by atoms with Gasteiger partial charge in [-0.1, -0.05) is 41.9 Å². The minimum absolute atomic E-state index is 0.226. The summed E-state index contributed by atoms with van der Waals surface area (Å²) in [6.45, 7) is 3.62. The minimum atomic E-state index is -0.912. The first-order chi connectivity index (χ1) is 14.4. The number of hydrogen-bond donors (Lipinski definition) is 2. The van der Waals surface area contributed by atoms with E-state index in [1.165, 1.54) is 20.5 Å². The van der Waals surface area contributed by atoms with E-state index in [1.54, 1.807) is 22.7 Å². The number of fused-ring (bicyclic) bond motifs is 1. The van der Waals surface area contributed by atoms with Gasteiger partial charge in [-0.3, -0.25) is 5.01 Å². The van der Waals surface area contributed by atoms with Crippen LogP contribution >= 0.6 is 34.3 Å². The monoisotopic (exact) mass is 452 g/mol. The average Bonchev–Trinajstić information content (AvgIpc) is 3.45. The normalized spacial score (nSPS) is 17.0. The zero-order chi connectivity index (χ0) is 20.9. The Morgan fingerprint density at radius 3 is 2.53 bits per heavy atom. The van der Waals surface area contributed by atoms with Crippen molar-refractivity contribution >= 4 is 55.7 Å². The Morgan fingerprint density at radius 1 is 1.00 bits per heavy atom. The number of para-hydroxylation sites is 1. The number of aliphatic hydroxyl groups is 1. The number of halogens is 1. The first-order valence-corrected chi connectivity index (χ1v) is 11.8. The lowest BCUT2D eigenvalue weighted by molar-refractivity contribution is 0.0573. The van der Waals surface area contributed by atoms with Gasteiger partial charge >= 0.3 is 0 Å². The van der Waals surface area contributed by atoms with Crippen LogP contribution < -0.4 is 10.4 Å². The second-order valence-corrected chi connectivity index (χ2v) is 10.3. The van der Waals surface area contributed by atoms with Gasteiger partial charge in [0.15, 0.2) is 0 Å². The maximum Gasteiger partial charge on any atom is 0.0798 e.